The van der Waals surface area contributed by atoms with Gasteiger partial charge < -0.3 is 10.1 Å². The van der Waals surface area contributed by atoms with E-state index in [9.17, 15) is 4.79 Å². The van der Waals surface area contributed by atoms with Crippen LogP contribution >= 0.6 is 28.1 Å². The zero-order chi connectivity index (χ0) is 19.8. The number of rotatable bonds is 6. The molecule has 0 atom stereocenters. The van der Waals surface area contributed by atoms with Gasteiger partial charge in [0.15, 0.2) is 5.11 Å². The van der Waals surface area contributed by atoms with Crippen LogP contribution in [0.3, 0.4) is 0 Å². The van der Waals surface area contributed by atoms with Gasteiger partial charge in [-0.1, -0.05) is 52.3 Å². The summed E-state index contributed by atoms with van der Waals surface area (Å²) in [5, 5.41) is 5.91. The fourth-order valence-electron chi connectivity index (χ4n) is 2.53. The lowest BCUT2D eigenvalue weighted by Gasteiger charge is -2.11. The number of carbonyl (C=O) groups excluding carboxylic acids is 1. The Kier molecular flexibility index (Phi) is 7.17. The molecule has 0 aromatic heterocycles. The van der Waals surface area contributed by atoms with E-state index in [4.69, 9.17) is 17.0 Å². The van der Waals surface area contributed by atoms with Gasteiger partial charge in [0.05, 0.1) is 6.61 Å². The molecule has 0 saturated carbocycles. The molecule has 0 aliphatic rings. The molecule has 4 nitrogen and oxygen atoms in total. The van der Waals surface area contributed by atoms with Gasteiger partial charge in [-0.25, -0.2) is 0 Å². The Morgan fingerprint density at radius 1 is 0.964 bits per heavy atom. The van der Waals surface area contributed by atoms with E-state index in [-0.39, 0.29) is 11.0 Å². The second-order valence-electron chi connectivity index (χ2n) is 6.03. The second kappa shape index (κ2) is 10.0. The normalized spacial score (nSPS) is 10.2. The quantitative estimate of drug-likeness (QED) is 0.502. The summed E-state index contributed by atoms with van der Waals surface area (Å²) in [4.78, 5) is 12.4. The molecule has 0 radical (unpaired) electrons. The summed E-state index contributed by atoms with van der Waals surface area (Å²) in [6.45, 7) is 0.540. The SMILES string of the molecule is O=C(NC(=S)Nc1ccc(Br)cc1)c1cccc(OCCc2ccccc2)c1. The third-order valence-corrected chi connectivity index (χ3v) is 4.66. The highest BCUT2D eigenvalue weighted by molar-refractivity contribution is 9.10. The minimum atomic E-state index is -0.289. The van der Waals surface area contributed by atoms with Gasteiger partial charge in [0, 0.05) is 22.1 Å². The number of nitrogens with one attached hydrogen (secondary N) is 2. The van der Waals surface area contributed by atoms with Gasteiger partial charge >= 0.3 is 0 Å². The molecular formula is C22H19BrN2O2S. The smallest absolute Gasteiger partial charge is 0.257 e. The maximum atomic E-state index is 12.4. The number of thiocarbonyl (C=S) groups is 1. The Bertz CT molecular complexity index is 946. The van der Waals surface area contributed by atoms with Gasteiger partial charge in [-0.05, 0) is 60.2 Å². The van der Waals surface area contributed by atoms with Crippen molar-refractivity contribution in [3.63, 3.8) is 0 Å². The van der Waals surface area contributed by atoms with Crippen LogP contribution in [-0.4, -0.2) is 17.6 Å². The van der Waals surface area contributed by atoms with E-state index < -0.39 is 0 Å². The number of ether oxygens (including phenoxy) is 1. The van der Waals surface area contributed by atoms with Gasteiger partial charge in [0.2, 0.25) is 0 Å². The van der Waals surface area contributed by atoms with Crippen LogP contribution < -0.4 is 15.4 Å². The fraction of sp³-hybridized carbons (Fsp3) is 0.0909. The number of halogens is 1. The molecule has 3 rings (SSSR count). The molecule has 0 aliphatic carbocycles. The summed E-state index contributed by atoms with van der Waals surface area (Å²) >= 11 is 8.59. The van der Waals surface area contributed by atoms with Crippen LogP contribution in [0.25, 0.3) is 0 Å². The molecule has 0 bridgehead atoms. The van der Waals surface area contributed by atoms with Crippen molar-refractivity contribution in [3.05, 3.63) is 94.5 Å². The average molecular weight is 455 g/mol. The maximum Gasteiger partial charge on any atom is 0.257 e. The molecule has 142 valence electrons. The third-order valence-electron chi connectivity index (χ3n) is 3.93. The predicted molar refractivity (Wildman–Crippen MR) is 120 cm³/mol. The van der Waals surface area contributed by atoms with Crippen LogP contribution in [0.5, 0.6) is 5.75 Å². The third kappa shape index (κ3) is 6.18. The van der Waals surface area contributed by atoms with Gasteiger partial charge in [0.25, 0.3) is 5.91 Å². The number of carbonyl (C=O) groups is 1. The molecular weight excluding hydrogens is 436 g/mol. The van der Waals surface area contributed by atoms with Crippen molar-refractivity contribution in [1.82, 2.24) is 5.32 Å². The lowest BCUT2D eigenvalue weighted by atomic mass is 10.2. The first-order chi connectivity index (χ1) is 13.6. The number of benzene rings is 3. The van der Waals surface area contributed by atoms with Crippen molar-refractivity contribution >= 4 is 44.9 Å². The molecule has 28 heavy (non-hydrogen) atoms. The summed E-state index contributed by atoms with van der Waals surface area (Å²) in [5.41, 5.74) is 2.49. The van der Waals surface area contributed by atoms with Crippen LogP contribution in [0.4, 0.5) is 5.69 Å². The molecule has 0 spiro atoms. The molecule has 0 fully saturated rings. The van der Waals surface area contributed by atoms with Gasteiger partial charge in [-0.2, -0.15) is 0 Å². The van der Waals surface area contributed by atoms with Crippen LogP contribution in [0.1, 0.15) is 15.9 Å². The lowest BCUT2D eigenvalue weighted by Crippen LogP contribution is -2.34. The summed E-state index contributed by atoms with van der Waals surface area (Å²) in [6.07, 6.45) is 0.804. The van der Waals surface area contributed by atoms with Gasteiger partial charge in [-0.15, -0.1) is 0 Å². The van der Waals surface area contributed by atoms with E-state index >= 15 is 0 Å². The monoisotopic (exact) mass is 454 g/mol. The Morgan fingerprint density at radius 2 is 1.71 bits per heavy atom. The van der Waals surface area contributed by atoms with Gasteiger partial charge in [0.1, 0.15) is 5.75 Å². The number of anilines is 1. The van der Waals surface area contributed by atoms with Crippen molar-refractivity contribution in [2.45, 2.75) is 6.42 Å². The maximum absolute atomic E-state index is 12.4. The summed E-state index contributed by atoms with van der Waals surface area (Å²) in [5.74, 6) is 0.360. The van der Waals surface area contributed by atoms with E-state index in [1.165, 1.54) is 5.56 Å². The number of hydrogen-bond acceptors (Lipinski definition) is 3. The summed E-state index contributed by atoms with van der Waals surface area (Å²) in [7, 11) is 0. The van der Waals surface area contributed by atoms with Crippen molar-refractivity contribution in [2.24, 2.45) is 0 Å². The molecule has 0 unspecified atom stereocenters. The highest BCUT2D eigenvalue weighted by atomic mass is 79.9. The Labute approximate surface area is 178 Å². The molecule has 2 N–H and O–H groups in total. The fourth-order valence-corrected chi connectivity index (χ4v) is 3.00. The zero-order valence-electron chi connectivity index (χ0n) is 15.0. The molecule has 0 aliphatic heterocycles. The Balaban J connectivity index is 1.52. The van der Waals surface area contributed by atoms with E-state index in [0.717, 1.165) is 16.6 Å². The van der Waals surface area contributed by atoms with E-state index in [1.54, 1.807) is 18.2 Å². The molecule has 0 heterocycles. The average Bonchev–Trinajstić information content (AvgIpc) is 2.71. The van der Waals surface area contributed by atoms with Crippen molar-refractivity contribution in [1.29, 1.82) is 0 Å². The van der Waals surface area contributed by atoms with Crippen molar-refractivity contribution in [2.75, 3.05) is 11.9 Å². The number of hydrogen-bond donors (Lipinski definition) is 2. The molecule has 0 saturated heterocycles. The van der Waals surface area contributed by atoms with E-state index in [0.29, 0.717) is 17.9 Å². The number of amides is 1. The predicted octanol–water partition coefficient (Wildman–Crippen LogP) is 5.20. The largest absolute Gasteiger partial charge is 0.493 e. The van der Waals surface area contributed by atoms with Crippen molar-refractivity contribution in [3.8, 4) is 5.75 Å². The van der Waals surface area contributed by atoms with E-state index in [1.807, 2.05) is 48.5 Å². The molecule has 3 aromatic rings. The van der Waals surface area contributed by atoms with Crippen LogP contribution in [0.2, 0.25) is 0 Å². The molecule has 3 aromatic carbocycles. The van der Waals surface area contributed by atoms with E-state index in [2.05, 4.69) is 38.7 Å². The van der Waals surface area contributed by atoms with Crippen LogP contribution in [-0.2, 0) is 6.42 Å². The first-order valence-electron chi connectivity index (χ1n) is 8.75. The minimum Gasteiger partial charge on any atom is -0.493 e. The topological polar surface area (TPSA) is 50.4 Å². The first-order valence-corrected chi connectivity index (χ1v) is 9.95. The highest BCUT2D eigenvalue weighted by Gasteiger charge is 2.09. The zero-order valence-corrected chi connectivity index (χ0v) is 17.4. The molecule has 1 amide bonds. The lowest BCUT2D eigenvalue weighted by molar-refractivity contribution is 0.0977. The van der Waals surface area contributed by atoms with Crippen LogP contribution in [0.15, 0.2) is 83.3 Å². The summed E-state index contributed by atoms with van der Waals surface area (Å²) in [6, 6.07) is 24.7. The Hall–Kier alpha value is -2.70. The first kappa shape index (κ1) is 20.0. The minimum absolute atomic E-state index is 0.239. The van der Waals surface area contributed by atoms with Gasteiger partial charge in [-0.3, -0.25) is 10.1 Å². The highest BCUT2D eigenvalue weighted by Crippen LogP contribution is 2.15. The standard InChI is InChI=1S/C22H19BrN2O2S/c23-18-9-11-19(12-10-18)24-22(28)25-21(26)17-7-4-8-20(15-17)27-14-13-16-5-2-1-3-6-16/h1-12,15H,13-14H2,(H2,24,25,26,28). The van der Waals surface area contributed by atoms with Crippen molar-refractivity contribution < 1.29 is 9.53 Å². The second-order valence-corrected chi connectivity index (χ2v) is 7.35. The molecule has 6 heteroatoms. The Morgan fingerprint density at radius 3 is 2.46 bits per heavy atom. The summed E-state index contributed by atoms with van der Waals surface area (Å²) < 4.78 is 6.75. The van der Waals surface area contributed by atoms with Crippen LogP contribution in [0, 0.1) is 0 Å².